The van der Waals surface area contributed by atoms with Gasteiger partial charge in [0, 0.05) is 19.5 Å². The Morgan fingerprint density at radius 1 is 1.30 bits per heavy atom. The van der Waals surface area contributed by atoms with Crippen LogP contribution in [0.15, 0.2) is 18.2 Å². The Bertz CT molecular complexity index is 639. The number of para-hydroxylation sites is 1. The Hall–Kier alpha value is -1.56. The molecule has 0 fully saturated rings. The van der Waals surface area contributed by atoms with E-state index >= 15 is 0 Å². The van der Waals surface area contributed by atoms with Gasteiger partial charge in [0.05, 0.1) is 11.9 Å². The highest BCUT2D eigenvalue weighted by Crippen LogP contribution is 2.32. The fraction of sp³-hybridized carbons (Fsp3) is 0.588. The van der Waals surface area contributed by atoms with E-state index in [2.05, 4.69) is 5.32 Å². The van der Waals surface area contributed by atoms with Gasteiger partial charge in [0.25, 0.3) is 0 Å². The van der Waals surface area contributed by atoms with Crippen molar-refractivity contribution in [3.05, 3.63) is 29.3 Å². The van der Waals surface area contributed by atoms with Crippen LogP contribution >= 0.6 is 0 Å². The van der Waals surface area contributed by atoms with Gasteiger partial charge in [-0.05, 0) is 30.4 Å². The molecule has 0 saturated carbocycles. The molecule has 6 heteroatoms. The highest BCUT2D eigenvalue weighted by Gasteiger charge is 2.23. The summed E-state index contributed by atoms with van der Waals surface area (Å²) in [5.41, 5.74) is 2.58. The summed E-state index contributed by atoms with van der Waals surface area (Å²) >= 11 is 0. The van der Waals surface area contributed by atoms with E-state index in [4.69, 9.17) is 0 Å². The average molecular weight is 340 g/mol. The third kappa shape index (κ3) is 5.53. The number of rotatable bonds is 8. The summed E-state index contributed by atoms with van der Waals surface area (Å²) in [6.45, 7) is 8.71. The van der Waals surface area contributed by atoms with Crippen LogP contribution in [0.2, 0.25) is 0 Å². The summed E-state index contributed by atoms with van der Waals surface area (Å²) in [5, 5.41) is 2.78. The molecule has 0 atom stereocenters. The first-order valence-electron chi connectivity index (χ1n) is 8.02. The third-order valence-corrected chi connectivity index (χ3v) is 4.82. The maximum Gasteiger partial charge on any atom is 0.232 e. The van der Waals surface area contributed by atoms with E-state index in [1.54, 1.807) is 0 Å². The molecule has 0 aliphatic rings. The van der Waals surface area contributed by atoms with Crippen molar-refractivity contribution >= 4 is 21.6 Å². The highest BCUT2D eigenvalue weighted by atomic mass is 32.2. The Labute approximate surface area is 140 Å². The first kappa shape index (κ1) is 19.5. The summed E-state index contributed by atoms with van der Waals surface area (Å²) in [4.78, 5) is 11.8. The molecule has 0 aliphatic carbocycles. The molecular formula is C17H28N2O3S. The van der Waals surface area contributed by atoms with Crippen LogP contribution in [0.1, 0.15) is 50.7 Å². The van der Waals surface area contributed by atoms with Crippen LogP contribution in [-0.2, 0) is 14.8 Å². The van der Waals surface area contributed by atoms with Gasteiger partial charge in [-0.25, -0.2) is 8.42 Å². The van der Waals surface area contributed by atoms with E-state index in [1.165, 1.54) is 10.6 Å². The van der Waals surface area contributed by atoms with Gasteiger partial charge in [0.1, 0.15) is 0 Å². The van der Waals surface area contributed by atoms with Crippen LogP contribution in [0, 0.1) is 6.92 Å². The molecule has 130 valence electrons. The molecule has 0 saturated heterocycles. The summed E-state index contributed by atoms with van der Waals surface area (Å²) in [6, 6.07) is 5.78. The maximum absolute atomic E-state index is 12.3. The molecule has 0 aromatic heterocycles. The number of nitrogens with one attached hydrogen (secondary N) is 1. The fourth-order valence-electron chi connectivity index (χ4n) is 2.49. The van der Waals surface area contributed by atoms with E-state index in [0.717, 1.165) is 17.5 Å². The quantitative estimate of drug-likeness (QED) is 0.791. The van der Waals surface area contributed by atoms with Crippen molar-refractivity contribution in [1.29, 1.82) is 0 Å². The number of aryl methyl sites for hydroxylation is 1. The standard InChI is InChI=1S/C17H28N2O3S/c1-6-11-18-16(20)10-12-19(23(5,21)22)17-14(4)8-7-9-15(17)13(2)3/h7-9,13H,6,10-12H2,1-5H3,(H,18,20). The SMILES string of the molecule is CCCNC(=O)CCN(c1c(C)cccc1C(C)C)S(C)(=O)=O. The number of anilines is 1. The molecule has 0 bridgehead atoms. The predicted octanol–water partition coefficient (Wildman–Crippen LogP) is 2.80. The van der Waals surface area contributed by atoms with E-state index < -0.39 is 10.0 Å². The zero-order chi connectivity index (χ0) is 17.6. The number of carbonyl (C=O) groups is 1. The van der Waals surface area contributed by atoms with E-state index in [9.17, 15) is 13.2 Å². The van der Waals surface area contributed by atoms with Crippen LogP contribution in [-0.4, -0.2) is 33.7 Å². The minimum atomic E-state index is -3.46. The van der Waals surface area contributed by atoms with Crippen molar-refractivity contribution in [1.82, 2.24) is 5.32 Å². The zero-order valence-corrected chi connectivity index (χ0v) is 15.5. The number of sulfonamides is 1. The van der Waals surface area contributed by atoms with Gasteiger partial charge in [-0.1, -0.05) is 39.0 Å². The van der Waals surface area contributed by atoms with Gasteiger partial charge in [-0.2, -0.15) is 0 Å². The van der Waals surface area contributed by atoms with Crippen LogP contribution in [0.4, 0.5) is 5.69 Å². The van der Waals surface area contributed by atoms with Gasteiger partial charge >= 0.3 is 0 Å². The molecule has 0 aliphatic heterocycles. The third-order valence-electron chi connectivity index (χ3n) is 3.65. The molecule has 23 heavy (non-hydrogen) atoms. The molecule has 1 aromatic rings. The number of hydrogen-bond donors (Lipinski definition) is 1. The van der Waals surface area contributed by atoms with Crippen molar-refractivity contribution < 1.29 is 13.2 Å². The Kier molecular flexibility index (Phi) is 7.06. The summed E-state index contributed by atoms with van der Waals surface area (Å²) in [6.07, 6.45) is 2.20. The number of carbonyl (C=O) groups excluding carboxylic acids is 1. The number of benzene rings is 1. The van der Waals surface area contributed by atoms with Gasteiger partial charge in [-0.3, -0.25) is 9.10 Å². The topological polar surface area (TPSA) is 66.5 Å². The monoisotopic (exact) mass is 340 g/mol. The van der Waals surface area contributed by atoms with Gasteiger partial charge in [0.15, 0.2) is 0 Å². The van der Waals surface area contributed by atoms with Crippen LogP contribution < -0.4 is 9.62 Å². The molecule has 0 heterocycles. The molecule has 1 rings (SSSR count). The summed E-state index contributed by atoms with van der Waals surface area (Å²) in [5.74, 6) is 0.0725. The number of amides is 1. The molecular weight excluding hydrogens is 312 g/mol. The van der Waals surface area contributed by atoms with E-state index in [1.807, 2.05) is 45.9 Å². The minimum Gasteiger partial charge on any atom is -0.356 e. The Balaban J connectivity index is 3.12. The zero-order valence-electron chi connectivity index (χ0n) is 14.7. The van der Waals surface area contributed by atoms with Gasteiger partial charge < -0.3 is 5.32 Å². The second-order valence-electron chi connectivity index (χ2n) is 6.10. The molecule has 0 radical (unpaired) electrons. The fourth-order valence-corrected chi connectivity index (χ4v) is 3.49. The lowest BCUT2D eigenvalue weighted by Gasteiger charge is -2.28. The molecule has 5 nitrogen and oxygen atoms in total. The maximum atomic E-state index is 12.3. The second-order valence-corrected chi connectivity index (χ2v) is 8.01. The number of hydrogen-bond acceptors (Lipinski definition) is 3. The molecule has 1 amide bonds. The van der Waals surface area contributed by atoms with Crippen molar-refractivity contribution in [3.8, 4) is 0 Å². The molecule has 0 spiro atoms. The second kappa shape index (κ2) is 8.34. The van der Waals surface area contributed by atoms with Crippen molar-refractivity contribution in [2.45, 2.75) is 46.5 Å². The van der Waals surface area contributed by atoms with E-state index in [-0.39, 0.29) is 24.8 Å². The lowest BCUT2D eigenvalue weighted by atomic mass is 9.98. The lowest BCUT2D eigenvalue weighted by molar-refractivity contribution is -0.120. The minimum absolute atomic E-state index is 0.125. The van der Waals surface area contributed by atoms with Gasteiger partial charge in [0.2, 0.25) is 15.9 Å². The van der Waals surface area contributed by atoms with E-state index in [0.29, 0.717) is 12.2 Å². The summed E-state index contributed by atoms with van der Waals surface area (Å²) in [7, 11) is -3.46. The lowest BCUT2D eigenvalue weighted by Crippen LogP contribution is -2.36. The Morgan fingerprint density at radius 2 is 1.96 bits per heavy atom. The Morgan fingerprint density at radius 3 is 2.48 bits per heavy atom. The van der Waals surface area contributed by atoms with Gasteiger partial charge in [-0.15, -0.1) is 0 Å². The molecule has 1 N–H and O–H groups in total. The first-order valence-corrected chi connectivity index (χ1v) is 9.87. The summed E-state index contributed by atoms with van der Waals surface area (Å²) < 4.78 is 25.9. The van der Waals surface area contributed by atoms with Crippen LogP contribution in [0.5, 0.6) is 0 Å². The van der Waals surface area contributed by atoms with Crippen molar-refractivity contribution in [2.24, 2.45) is 0 Å². The van der Waals surface area contributed by atoms with Crippen molar-refractivity contribution in [2.75, 3.05) is 23.7 Å². The molecule has 0 unspecified atom stereocenters. The van der Waals surface area contributed by atoms with Crippen LogP contribution in [0.3, 0.4) is 0 Å². The normalized spacial score (nSPS) is 11.6. The largest absolute Gasteiger partial charge is 0.356 e. The smallest absolute Gasteiger partial charge is 0.232 e. The average Bonchev–Trinajstić information content (AvgIpc) is 2.45. The van der Waals surface area contributed by atoms with Crippen LogP contribution in [0.25, 0.3) is 0 Å². The highest BCUT2D eigenvalue weighted by molar-refractivity contribution is 7.92. The predicted molar refractivity (Wildman–Crippen MR) is 95.4 cm³/mol. The van der Waals surface area contributed by atoms with Crippen molar-refractivity contribution in [3.63, 3.8) is 0 Å². The first-order chi connectivity index (χ1) is 10.7. The number of nitrogens with zero attached hydrogens (tertiary/aromatic N) is 1. The molecule has 1 aromatic carbocycles.